The van der Waals surface area contributed by atoms with Crippen molar-refractivity contribution in [1.29, 1.82) is 0 Å². The van der Waals surface area contributed by atoms with Crippen molar-refractivity contribution >= 4 is 28.0 Å². The Hall–Kier alpha value is 0.790. The first-order valence-corrected chi connectivity index (χ1v) is 5.90. The van der Waals surface area contributed by atoms with Crippen LogP contribution in [-0.4, -0.2) is 18.2 Å². The number of hydrogen-bond acceptors (Lipinski definition) is 2. The molecule has 0 aromatic carbocycles. The Morgan fingerprint density at radius 1 is 1.20 bits per heavy atom. The van der Waals surface area contributed by atoms with Gasteiger partial charge in [0.15, 0.2) is 0 Å². The third-order valence-electron chi connectivity index (χ3n) is 1.23. The van der Waals surface area contributed by atoms with Crippen molar-refractivity contribution in [2.75, 3.05) is 18.2 Å². The van der Waals surface area contributed by atoms with Crippen molar-refractivity contribution in [2.24, 2.45) is 0 Å². The molecule has 0 unspecified atom stereocenters. The minimum Gasteiger partial charge on any atom is -0.316 e. The highest BCUT2D eigenvalue weighted by Crippen LogP contribution is 2.04. The van der Waals surface area contributed by atoms with Crippen LogP contribution in [0.4, 0.5) is 0 Å². The van der Waals surface area contributed by atoms with Gasteiger partial charge in [0.05, 0.1) is 6.61 Å². The standard InChI is InChI=1S/C7H15BrOS/c1-10-9-7-5-3-2-4-6-8/h2-7H2,1H3. The predicted octanol–water partition coefficient (Wildman–Crippen LogP) is 3.24. The lowest BCUT2D eigenvalue weighted by atomic mass is 10.2. The molecule has 0 heterocycles. The molecule has 62 valence electrons. The summed E-state index contributed by atoms with van der Waals surface area (Å²) in [6.45, 7) is 0.906. The van der Waals surface area contributed by atoms with Gasteiger partial charge in [-0.1, -0.05) is 28.8 Å². The maximum Gasteiger partial charge on any atom is 0.0613 e. The minimum atomic E-state index is 0.906. The van der Waals surface area contributed by atoms with Gasteiger partial charge in [-0.25, -0.2) is 0 Å². The Morgan fingerprint density at radius 2 is 1.90 bits per heavy atom. The van der Waals surface area contributed by atoms with Crippen LogP contribution in [-0.2, 0) is 4.18 Å². The zero-order valence-corrected chi connectivity index (χ0v) is 8.84. The molecular weight excluding hydrogens is 212 g/mol. The molecule has 0 N–H and O–H groups in total. The van der Waals surface area contributed by atoms with Gasteiger partial charge < -0.3 is 4.18 Å². The molecular formula is C7H15BrOS. The van der Waals surface area contributed by atoms with E-state index in [9.17, 15) is 0 Å². The minimum absolute atomic E-state index is 0.906. The van der Waals surface area contributed by atoms with E-state index >= 15 is 0 Å². The quantitative estimate of drug-likeness (QED) is 0.375. The highest BCUT2D eigenvalue weighted by atomic mass is 79.9. The molecule has 0 aliphatic rings. The zero-order valence-electron chi connectivity index (χ0n) is 6.44. The first-order valence-electron chi connectivity index (χ1n) is 3.63. The van der Waals surface area contributed by atoms with Crippen LogP contribution in [0.25, 0.3) is 0 Å². The van der Waals surface area contributed by atoms with Gasteiger partial charge in [-0.05, 0) is 24.9 Å². The van der Waals surface area contributed by atoms with Gasteiger partial charge in [-0.15, -0.1) is 0 Å². The second-order valence-electron chi connectivity index (χ2n) is 2.09. The largest absolute Gasteiger partial charge is 0.316 e. The van der Waals surface area contributed by atoms with Gasteiger partial charge in [0.2, 0.25) is 0 Å². The van der Waals surface area contributed by atoms with Crippen molar-refractivity contribution < 1.29 is 4.18 Å². The summed E-state index contributed by atoms with van der Waals surface area (Å²) in [4.78, 5) is 0. The van der Waals surface area contributed by atoms with Gasteiger partial charge in [0.1, 0.15) is 0 Å². The summed E-state index contributed by atoms with van der Waals surface area (Å²) in [6.07, 6.45) is 7.07. The Kier molecular flexibility index (Phi) is 10.6. The van der Waals surface area contributed by atoms with E-state index in [4.69, 9.17) is 4.18 Å². The first kappa shape index (κ1) is 10.8. The molecule has 0 aliphatic heterocycles. The summed E-state index contributed by atoms with van der Waals surface area (Å²) in [5, 5.41) is 1.14. The van der Waals surface area contributed by atoms with E-state index in [2.05, 4.69) is 15.9 Å². The fourth-order valence-corrected chi connectivity index (χ4v) is 1.37. The molecule has 0 amide bonds. The molecule has 0 saturated heterocycles. The molecule has 0 bridgehead atoms. The van der Waals surface area contributed by atoms with Crippen LogP contribution in [0.1, 0.15) is 25.7 Å². The van der Waals surface area contributed by atoms with Crippen molar-refractivity contribution in [1.82, 2.24) is 0 Å². The van der Waals surface area contributed by atoms with E-state index in [-0.39, 0.29) is 0 Å². The molecule has 0 saturated carbocycles. The number of alkyl halides is 1. The lowest BCUT2D eigenvalue weighted by molar-refractivity contribution is 0.358. The van der Waals surface area contributed by atoms with Gasteiger partial charge in [-0.3, -0.25) is 0 Å². The maximum atomic E-state index is 5.12. The number of rotatable bonds is 7. The Bertz CT molecular complexity index is 53.6. The highest BCUT2D eigenvalue weighted by Gasteiger charge is 1.88. The molecule has 0 spiro atoms. The van der Waals surface area contributed by atoms with Crippen molar-refractivity contribution in [3.8, 4) is 0 Å². The summed E-state index contributed by atoms with van der Waals surface area (Å²) in [5.41, 5.74) is 0. The molecule has 0 fully saturated rings. The third kappa shape index (κ3) is 8.79. The predicted molar refractivity (Wildman–Crippen MR) is 51.7 cm³/mol. The average molecular weight is 227 g/mol. The maximum absolute atomic E-state index is 5.12. The second kappa shape index (κ2) is 9.79. The summed E-state index contributed by atoms with van der Waals surface area (Å²) in [6, 6.07) is 0. The summed E-state index contributed by atoms with van der Waals surface area (Å²) >= 11 is 4.85. The smallest absolute Gasteiger partial charge is 0.0613 e. The van der Waals surface area contributed by atoms with E-state index in [1.165, 1.54) is 37.7 Å². The summed E-state index contributed by atoms with van der Waals surface area (Å²) < 4.78 is 5.12. The van der Waals surface area contributed by atoms with E-state index in [1.54, 1.807) is 0 Å². The average Bonchev–Trinajstić information content (AvgIpc) is 1.97. The van der Waals surface area contributed by atoms with Gasteiger partial charge in [-0.2, -0.15) is 0 Å². The molecule has 10 heavy (non-hydrogen) atoms. The fraction of sp³-hybridized carbons (Fsp3) is 1.00. The molecule has 0 aromatic rings. The van der Waals surface area contributed by atoms with Crippen LogP contribution >= 0.6 is 28.0 Å². The molecule has 1 nitrogen and oxygen atoms in total. The topological polar surface area (TPSA) is 9.23 Å². The molecule has 0 atom stereocenters. The molecule has 0 rings (SSSR count). The van der Waals surface area contributed by atoms with Gasteiger partial charge in [0, 0.05) is 11.6 Å². The number of unbranched alkanes of at least 4 members (excludes halogenated alkanes) is 3. The number of hydrogen-bond donors (Lipinski definition) is 0. The highest BCUT2D eigenvalue weighted by molar-refractivity contribution is 9.09. The SMILES string of the molecule is CSOCCCCCCBr. The lowest BCUT2D eigenvalue weighted by Gasteiger charge is -1.98. The van der Waals surface area contributed by atoms with Crippen LogP contribution in [0.15, 0.2) is 0 Å². The normalized spacial score (nSPS) is 10.2. The Morgan fingerprint density at radius 3 is 2.50 bits per heavy atom. The van der Waals surface area contributed by atoms with Crippen molar-refractivity contribution in [2.45, 2.75) is 25.7 Å². The van der Waals surface area contributed by atoms with E-state index in [1.807, 2.05) is 6.26 Å². The lowest BCUT2D eigenvalue weighted by Crippen LogP contribution is -1.86. The van der Waals surface area contributed by atoms with Crippen LogP contribution in [0, 0.1) is 0 Å². The molecule has 0 aromatic heterocycles. The van der Waals surface area contributed by atoms with Crippen LogP contribution in [0.2, 0.25) is 0 Å². The van der Waals surface area contributed by atoms with Crippen LogP contribution in [0.5, 0.6) is 0 Å². The molecule has 3 heteroatoms. The fourth-order valence-electron chi connectivity index (χ4n) is 0.692. The first-order chi connectivity index (χ1) is 4.91. The Labute approximate surface area is 76.2 Å². The zero-order chi connectivity index (χ0) is 7.66. The monoisotopic (exact) mass is 226 g/mol. The van der Waals surface area contributed by atoms with Gasteiger partial charge in [0.25, 0.3) is 0 Å². The Balaban J connectivity index is 2.65. The third-order valence-corrected chi connectivity index (χ3v) is 2.19. The molecule has 0 radical (unpaired) electrons. The van der Waals surface area contributed by atoms with E-state index < -0.39 is 0 Å². The summed E-state index contributed by atoms with van der Waals surface area (Å²) in [7, 11) is 0. The van der Waals surface area contributed by atoms with Crippen molar-refractivity contribution in [3.05, 3.63) is 0 Å². The van der Waals surface area contributed by atoms with Crippen LogP contribution in [0.3, 0.4) is 0 Å². The number of halogens is 1. The summed E-state index contributed by atoms with van der Waals surface area (Å²) in [5.74, 6) is 0. The second-order valence-corrected chi connectivity index (χ2v) is 3.45. The molecule has 0 aliphatic carbocycles. The van der Waals surface area contributed by atoms with E-state index in [0.717, 1.165) is 11.9 Å². The van der Waals surface area contributed by atoms with Crippen LogP contribution < -0.4 is 0 Å². The van der Waals surface area contributed by atoms with E-state index in [0.29, 0.717) is 0 Å². The van der Waals surface area contributed by atoms with Crippen molar-refractivity contribution in [3.63, 3.8) is 0 Å². The van der Waals surface area contributed by atoms with Gasteiger partial charge >= 0.3 is 0 Å².